The zero-order valence-electron chi connectivity index (χ0n) is 14.0. The van der Waals surface area contributed by atoms with Crippen molar-refractivity contribution in [1.29, 1.82) is 0 Å². The SMILES string of the molecule is CCCCc1cccc2c1-c1c(cc(Br)c(Br)c1CCCC)C2. The van der Waals surface area contributed by atoms with Crippen LogP contribution >= 0.6 is 31.9 Å². The van der Waals surface area contributed by atoms with Crippen LogP contribution in [0, 0.1) is 0 Å². The van der Waals surface area contributed by atoms with Gasteiger partial charge in [0.1, 0.15) is 0 Å². The highest BCUT2D eigenvalue weighted by molar-refractivity contribution is 9.13. The third-order valence-corrected chi connectivity index (χ3v) is 6.91. The minimum Gasteiger partial charge on any atom is -0.0654 e. The summed E-state index contributed by atoms with van der Waals surface area (Å²) >= 11 is 7.60. The average Bonchev–Trinajstić information content (AvgIpc) is 2.91. The summed E-state index contributed by atoms with van der Waals surface area (Å²) in [7, 11) is 0. The van der Waals surface area contributed by atoms with Gasteiger partial charge in [-0.15, -0.1) is 0 Å². The van der Waals surface area contributed by atoms with Crippen molar-refractivity contribution in [2.24, 2.45) is 0 Å². The second kappa shape index (κ2) is 7.53. The molecule has 0 nitrogen and oxygen atoms in total. The van der Waals surface area contributed by atoms with Crippen molar-refractivity contribution in [2.45, 2.75) is 58.8 Å². The zero-order chi connectivity index (χ0) is 16.4. The normalized spacial score (nSPS) is 12.3. The van der Waals surface area contributed by atoms with E-state index in [1.807, 2.05) is 0 Å². The molecule has 0 saturated carbocycles. The third-order valence-electron chi connectivity index (χ3n) is 4.85. The molecule has 0 heterocycles. The maximum absolute atomic E-state index is 3.85. The number of halogens is 2. The first kappa shape index (κ1) is 17.2. The lowest BCUT2D eigenvalue weighted by molar-refractivity contribution is 0.790. The van der Waals surface area contributed by atoms with Gasteiger partial charge in [0, 0.05) is 8.95 Å². The molecule has 0 fully saturated rings. The summed E-state index contributed by atoms with van der Waals surface area (Å²) in [6, 6.07) is 9.21. The topological polar surface area (TPSA) is 0 Å². The van der Waals surface area contributed by atoms with Crippen LogP contribution in [-0.2, 0) is 19.3 Å². The predicted octanol–water partition coefficient (Wildman–Crippen LogP) is 7.47. The summed E-state index contributed by atoms with van der Waals surface area (Å²) in [5.41, 5.74) is 9.10. The van der Waals surface area contributed by atoms with Crippen LogP contribution in [0.15, 0.2) is 33.2 Å². The molecule has 2 heteroatoms. The molecular weight excluding hydrogens is 412 g/mol. The Hall–Kier alpha value is -0.600. The number of benzene rings is 2. The maximum Gasteiger partial charge on any atom is 0.0355 e. The first-order valence-corrected chi connectivity index (χ1v) is 10.4. The maximum atomic E-state index is 3.85. The summed E-state index contributed by atoms with van der Waals surface area (Å²) in [5, 5.41) is 0. The van der Waals surface area contributed by atoms with Crippen LogP contribution < -0.4 is 0 Å². The lowest BCUT2D eigenvalue weighted by Crippen LogP contribution is -1.97. The summed E-state index contributed by atoms with van der Waals surface area (Å²) in [5.74, 6) is 0. The lowest BCUT2D eigenvalue weighted by atomic mass is 9.91. The minimum absolute atomic E-state index is 1.08. The van der Waals surface area contributed by atoms with Crippen molar-refractivity contribution in [1.82, 2.24) is 0 Å². The molecule has 1 aliphatic carbocycles. The quantitative estimate of drug-likeness (QED) is 0.376. The molecule has 3 rings (SSSR count). The Morgan fingerprint density at radius 1 is 0.913 bits per heavy atom. The van der Waals surface area contributed by atoms with Crippen LogP contribution in [0.25, 0.3) is 11.1 Å². The van der Waals surface area contributed by atoms with E-state index in [1.54, 1.807) is 0 Å². The van der Waals surface area contributed by atoms with Crippen LogP contribution in [0.4, 0.5) is 0 Å². The number of unbranched alkanes of at least 4 members (excludes halogenated alkanes) is 2. The standard InChI is InChI=1S/C21H24Br2/c1-3-5-8-14-9-7-10-15-12-16-13-18(22)21(23)17(11-6-4-2)20(16)19(14)15/h7,9-10,13H,3-6,8,11-12H2,1-2H3. The van der Waals surface area contributed by atoms with Crippen molar-refractivity contribution in [2.75, 3.05) is 0 Å². The monoisotopic (exact) mass is 434 g/mol. The zero-order valence-corrected chi connectivity index (χ0v) is 17.2. The average molecular weight is 436 g/mol. The Morgan fingerprint density at radius 3 is 2.39 bits per heavy atom. The van der Waals surface area contributed by atoms with Crippen molar-refractivity contribution in [3.63, 3.8) is 0 Å². The van der Waals surface area contributed by atoms with E-state index in [4.69, 9.17) is 0 Å². The Balaban J connectivity index is 2.16. The highest BCUT2D eigenvalue weighted by atomic mass is 79.9. The first-order chi connectivity index (χ1) is 11.2. The molecule has 0 atom stereocenters. The molecule has 0 spiro atoms. The Bertz CT molecular complexity index is 716. The van der Waals surface area contributed by atoms with Crippen molar-refractivity contribution < 1.29 is 0 Å². The van der Waals surface area contributed by atoms with Crippen molar-refractivity contribution in [3.05, 3.63) is 55.5 Å². The number of hydrogen-bond donors (Lipinski definition) is 0. The van der Waals surface area contributed by atoms with E-state index >= 15 is 0 Å². The third kappa shape index (κ3) is 3.30. The van der Waals surface area contributed by atoms with E-state index < -0.39 is 0 Å². The second-order valence-electron chi connectivity index (χ2n) is 6.52. The molecular formula is C21H24Br2. The fraction of sp³-hybridized carbons (Fsp3) is 0.429. The van der Waals surface area contributed by atoms with Crippen LogP contribution in [-0.4, -0.2) is 0 Å². The minimum atomic E-state index is 1.08. The largest absolute Gasteiger partial charge is 0.0654 e. The molecule has 2 aromatic carbocycles. The molecule has 0 aromatic heterocycles. The molecule has 122 valence electrons. The van der Waals surface area contributed by atoms with E-state index in [-0.39, 0.29) is 0 Å². The van der Waals surface area contributed by atoms with Gasteiger partial charge in [-0.25, -0.2) is 0 Å². The van der Waals surface area contributed by atoms with Gasteiger partial charge in [0.15, 0.2) is 0 Å². The van der Waals surface area contributed by atoms with Gasteiger partial charge in [-0.05, 0) is 103 Å². The van der Waals surface area contributed by atoms with Gasteiger partial charge in [0.25, 0.3) is 0 Å². The van der Waals surface area contributed by atoms with Crippen LogP contribution in [0.1, 0.15) is 61.8 Å². The summed E-state index contributed by atoms with van der Waals surface area (Å²) in [6.07, 6.45) is 8.43. The molecule has 23 heavy (non-hydrogen) atoms. The summed E-state index contributed by atoms with van der Waals surface area (Å²) in [6.45, 7) is 4.55. The van der Waals surface area contributed by atoms with Crippen LogP contribution in [0.2, 0.25) is 0 Å². The van der Waals surface area contributed by atoms with E-state index in [1.165, 1.54) is 74.4 Å². The lowest BCUT2D eigenvalue weighted by Gasteiger charge is -2.16. The van der Waals surface area contributed by atoms with E-state index in [0.29, 0.717) is 0 Å². The van der Waals surface area contributed by atoms with Gasteiger partial charge in [-0.2, -0.15) is 0 Å². The molecule has 0 N–H and O–H groups in total. The highest BCUT2D eigenvalue weighted by Crippen LogP contribution is 2.46. The van der Waals surface area contributed by atoms with Crippen molar-refractivity contribution in [3.8, 4) is 11.1 Å². The van der Waals surface area contributed by atoms with E-state index in [2.05, 4.69) is 70.0 Å². The van der Waals surface area contributed by atoms with Gasteiger partial charge in [0.05, 0.1) is 0 Å². The molecule has 0 amide bonds. The molecule has 0 aliphatic heterocycles. The van der Waals surface area contributed by atoms with Gasteiger partial charge in [0.2, 0.25) is 0 Å². The van der Waals surface area contributed by atoms with Gasteiger partial charge < -0.3 is 0 Å². The summed E-state index contributed by atoms with van der Waals surface area (Å²) < 4.78 is 2.45. The highest BCUT2D eigenvalue weighted by Gasteiger charge is 2.26. The molecule has 0 saturated heterocycles. The fourth-order valence-corrected chi connectivity index (χ4v) is 4.70. The Kier molecular flexibility index (Phi) is 5.64. The van der Waals surface area contributed by atoms with Crippen molar-refractivity contribution >= 4 is 31.9 Å². The van der Waals surface area contributed by atoms with Crippen LogP contribution in [0.3, 0.4) is 0 Å². The molecule has 2 aromatic rings. The predicted molar refractivity (Wildman–Crippen MR) is 107 cm³/mol. The smallest absolute Gasteiger partial charge is 0.0355 e. The molecule has 0 bridgehead atoms. The van der Waals surface area contributed by atoms with Gasteiger partial charge in [-0.1, -0.05) is 44.9 Å². The number of aryl methyl sites for hydroxylation is 1. The van der Waals surface area contributed by atoms with Crippen LogP contribution in [0.5, 0.6) is 0 Å². The molecule has 0 unspecified atom stereocenters. The number of rotatable bonds is 6. The van der Waals surface area contributed by atoms with E-state index in [0.717, 1.165) is 12.8 Å². The van der Waals surface area contributed by atoms with E-state index in [9.17, 15) is 0 Å². The number of hydrogen-bond acceptors (Lipinski definition) is 0. The van der Waals surface area contributed by atoms with Gasteiger partial charge >= 0.3 is 0 Å². The Morgan fingerprint density at radius 2 is 1.65 bits per heavy atom. The molecule has 1 aliphatic rings. The Labute approximate surface area is 157 Å². The summed E-state index contributed by atoms with van der Waals surface area (Å²) in [4.78, 5) is 0. The fourth-order valence-electron chi connectivity index (χ4n) is 3.68. The first-order valence-electron chi connectivity index (χ1n) is 8.78. The second-order valence-corrected chi connectivity index (χ2v) is 8.17. The molecule has 0 radical (unpaired) electrons. The van der Waals surface area contributed by atoms with Gasteiger partial charge in [-0.3, -0.25) is 0 Å². The number of fused-ring (bicyclic) bond motifs is 3.